The van der Waals surface area contributed by atoms with E-state index in [1.54, 1.807) is 0 Å². The third-order valence-corrected chi connectivity index (χ3v) is 6.35. The number of rotatable bonds is 4. The fraction of sp³-hybridized carbons (Fsp3) is 0.296. The lowest BCUT2D eigenvalue weighted by Crippen LogP contribution is -2.09. The van der Waals surface area contributed by atoms with Gasteiger partial charge in [-0.3, -0.25) is 14.4 Å². The minimum Gasteiger partial charge on any atom is -0.378 e. The molecule has 0 radical (unpaired) electrons. The molecular weight excluding hydrogens is 394 g/mol. The van der Waals surface area contributed by atoms with Gasteiger partial charge in [0.15, 0.2) is 5.65 Å². The third kappa shape index (κ3) is 3.48. The molecule has 2 atom stereocenters. The van der Waals surface area contributed by atoms with E-state index in [1.165, 1.54) is 34.5 Å². The number of hydrogen-bond acceptors (Lipinski definition) is 4. The molecule has 0 saturated heterocycles. The standard InChI is InChI=1S/C25H23N5.C2H6/c1-29(2)17-6-3-5-16(11-17)12-23-25-28-15-24(30(25)10-9-27-23)21-14-22-18(7-4-8-26-22)19-13-20(19)21;1-2/h3-11,14-15,19-20H,12-13H2,1-2H3;1-2H3. The highest BCUT2D eigenvalue weighted by Crippen LogP contribution is 2.58. The molecule has 1 aromatic carbocycles. The number of imidazole rings is 1. The minimum absolute atomic E-state index is 0.579. The Labute approximate surface area is 189 Å². The molecule has 3 aromatic heterocycles. The molecule has 0 spiro atoms. The quantitative estimate of drug-likeness (QED) is 0.437. The summed E-state index contributed by atoms with van der Waals surface area (Å²) in [6, 6.07) is 12.9. The Kier molecular flexibility index (Phi) is 5.25. The summed E-state index contributed by atoms with van der Waals surface area (Å²) >= 11 is 0. The van der Waals surface area contributed by atoms with Gasteiger partial charge in [-0.05, 0) is 59.2 Å². The SMILES string of the molecule is CC.CN(C)c1cccc(Cc2nccn3c(C4=Cc5ncccc5C5CC45)cnc23)c1. The Morgan fingerprint density at radius 3 is 2.72 bits per heavy atom. The zero-order valence-electron chi connectivity index (χ0n) is 19.2. The van der Waals surface area contributed by atoms with Crippen molar-refractivity contribution in [3.8, 4) is 0 Å². The second kappa shape index (κ2) is 8.23. The van der Waals surface area contributed by atoms with E-state index >= 15 is 0 Å². The number of fused-ring (bicyclic) bond motifs is 4. The maximum absolute atomic E-state index is 4.79. The highest BCUT2D eigenvalue weighted by Gasteiger charge is 2.45. The molecule has 162 valence electrons. The predicted molar refractivity (Wildman–Crippen MR) is 131 cm³/mol. The number of allylic oxidation sites excluding steroid dienone is 1. The molecule has 5 heteroatoms. The van der Waals surface area contributed by atoms with Gasteiger partial charge in [0, 0.05) is 44.8 Å². The summed E-state index contributed by atoms with van der Waals surface area (Å²) in [6.45, 7) is 4.00. The second-order valence-electron chi connectivity index (χ2n) is 8.48. The van der Waals surface area contributed by atoms with Crippen LogP contribution in [0.5, 0.6) is 0 Å². The minimum atomic E-state index is 0.579. The van der Waals surface area contributed by atoms with E-state index < -0.39 is 0 Å². The van der Waals surface area contributed by atoms with Crippen LogP contribution in [0.3, 0.4) is 0 Å². The van der Waals surface area contributed by atoms with Crippen molar-refractivity contribution in [3.05, 3.63) is 89.4 Å². The Morgan fingerprint density at radius 1 is 1.00 bits per heavy atom. The monoisotopic (exact) mass is 423 g/mol. The van der Waals surface area contributed by atoms with Crippen molar-refractivity contribution in [3.63, 3.8) is 0 Å². The Morgan fingerprint density at radius 2 is 1.88 bits per heavy atom. The van der Waals surface area contributed by atoms with Crippen LogP contribution in [-0.2, 0) is 6.42 Å². The highest BCUT2D eigenvalue weighted by atomic mass is 15.1. The fourth-order valence-corrected chi connectivity index (χ4v) is 4.71. The molecule has 4 aromatic rings. The van der Waals surface area contributed by atoms with E-state index in [4.69, 9.17) is 4.98 Å². The first-order valence-corrected chi connectivity index (χ1v) is 11.4. The van der Waals surface area contributed by atoms with Gasteiger partial charge in [-0.25, -0.2) is 4.98 Å². The summed E-state index contributed by atoms with van der Waals surface area (Å²) in [5.74, 6) is 1.18. The summed E-state index contributed by atoms with van der Waals surface area (Å²) in [6.07, 6.45) is 12.0. The third-order valence-electron chi connectivity index (χ3n) is 6.35. The molecule has 2 aliphatic carbocycles. The lowest BCUT2D eigenvalue weighted by molar-refractivity contribution is 0.964. The maximum atomic E-state index is 4.79. The van der Waals surface area contributed by atoms with Crippen LogP contribution in [-0.4, -0.2) is 33.4 Å². The Hall–Kier alpha value is -3.47. The van der Waals surface area contributed by atoms with Crippen molar-refractivity contribution >= 4 is 23.0 Å². The van der Waals surface area contributed by atoms with Crippen LogP contribution in [0, 0.1) is 5.92 Å². The largest absolute Gasteiger partial charge is 0.378 e. The summed E-state index contributed by atoms with van der Waals surface area (Å²) < 4.78 is 2.20. The van der Waals surface area contributed by atoms with Crippen LogP contribution in [0.1, 0.15) is 54.4 Å². The first-order valence-electron chi connectivity index (χ1n) is 11.4. The van der Waals surface area contributed by atoms with Crippen LogP contribution < -0.4 is 4.90 Å². The van der Waals surface area contributed by atoms with E-state index in [-0.39, 0.29) is 0 Å². The van der Waals surface area contributed by atoms with Gasteiger partial charge < -0.3 is 4.90 Å². The number of pyridine rings is 1. The van der Waals surface area contributed by atoms with Gasteiger partial charge in [-0.2, -0.15) is 0 Å². The van der Waals surface area contributed by atoms with Gasteiger partial charge >= 0.3 is 0 Å². The van der Waals surface area contributed by atoms with E-state index in [2.05, 4.69) is 69.8 Å². The van der Waals surface area contributed by atoms with Crippen LogP contribution in [0.2, 0.25) is 0 Å². The van der Waals surface area contributed by atoms with Crippen molar-refractivity contribution in [2.45, 2.75) is 32.6 Å². The number of benzene rings is 1. The van der Waals surface area contributed by atoms with Crippen LogP contribution in [0.25, 0.3) is 17.3 Å². The first-order chi connectivity index (χ1) is 15.7. The van der Waals surface area contributed by atoms with Gasteiger partial charge in [0.05, 0.1) is 23.3 Å². The smallest absolute Gasteiger partial charge is 0.159 e. The van der Waals surface area contributed by atoms with Gasteiger partial charge in [-0.15, -0.1) is 0 Å². The van der Waals surface area contributed by atoms with Crippen LogP contribution in [0.15, 0.2) is 61.2 Å². The van der Waals surface area contributed by atoms with E-state index in [0.717, 1.165) is 23.5 Å². The van der Waals surface area contributed by atoms with Crippen molar-refractivity contribution in [2.24, 2.45) is 5.92 Å². The van der Waals surface area contributed by atoms with Crippen molar-refractivity contribution in [1.29, 1.82) is 0 Å². The van der Waals surface area contributed by atoms with Crippen LogP contribution in [0.4, 0.5) is 5.69 Å². The van der Waals surface area contributed by atoms with Gasteiger partial charge in [-0.1, -0.05) is 32.0 Å². The van der Waals surface area contributed by atoms with Crippen LogP contribution >= 0.6 is 0 Å². The average molecular weight is 424 g/mol. The van der Waals surface area contributed by atoms with E-state index in [9.17, 15) is 0 Å². The molecule has 0 bridgehead atoms. The van der Waals surface area contributed by atoms with E-state index in [1.807, 2.05) is 44.7 Å². The number of aromatic nitrogens is 4. The van der Waals surface area contributed by atoms with Gasteiger partial charge in [0.25, 0.3) is 0 Å². The van der Waals surface area contributed by atoms with Crippen molar-refractivity contribution in [2.75, 3.05) is 19.0 Å². The highest BCUT2D eigenvalue weighted by molar-refractivity contribution is 5.87. The molecule has 6 rings (SSSR count). The first kappa shape index (κ1) is 20.4. The topological polar surface area (TPSA) is 46.3 Å². The Bertz CT molecular complexity index is 1300. The maximum Gasteiger partial charge on any atom is 0.159 e. The second-order valence-corrected chi connectivity index (χ2v) is 8.48. The van der Waals surface area contributed by atoms with Gasteiger partial charge in [0.2, 0.25) is 0 Å². The number of anilines is 1. The molecule has 32 heavy (non-hydrogen) atoms. The predicted octanol–water partition coefficient (Wildman–Crippen LogP) is 5.47. The van der Waals surface area contributed by atoms with Crippen molar-refractivity contribution in [1.82, 2.24) is 19.4 Å². The Balaban J connectivity index is 0.00000105. The molecule has 5 nitrogen and oxygen atoms in total. The number of hydrogen-bond donors (Lipinski definition) is 0. The number of nitrogens with zero attached hydrogens (tertiary/aromatic N) is 5. The fourth-order valence-electron chi connectivity index (χ4n) is 4.71. The molecule has 0 N–H and O–H groups in total. The molecule has 0 amide bonds. The molecule has 2 unspecified atom stereocenters. The molecule has 0 aliphatic heterocycles. The summed E-state index contributed by atoms with van der Waals surface area (Å²) in [7, 11) is 4.13. The summed E-state index contributed by atoms with van der Waals surface area (Å²) in [5, 5.41) is 0. The summed E-state index contributed by atoms with van der Waals surface area (Å²) in [5.41, 5.74) is 9.39. The normalized spacial score (nSPS) is 18.2. The van der Waals surface area contributed by atoms with Gasteiger partial charge in [0.1, 0.15) is 0 Å². The van der Waals surface area contributed by atoms with Crippen molar-refractivity contribution < 1.29 is 0 Å². The molecule has 2 aliphatic rings. The molecule has 3 heterocycles. The summed E-state index contributed by atoms with van der Waals surface area (Å²) in [4.78, 5) is 16.2. The lowest BCUT2D eigenvalue weighted by atomic mass is 9.94. The zero-order valence-corrected chi connectivity index (χ0v) is 19.2. The van der Waals surface area contributed by atoms with E-state index in [0.29, 0.717) is 11.8 Å². The average Bonchev–Trinajstić information content (AvgIpc) is 3.52. The lowest BCUT2D eigenvalue weighted by Gasteiger charge is -2.15. The molecule has 1 saturated carbocycles. The molecular formula is C27H29N5. The molecule has 1 fully saturated rings. The zero-order chi connectivity index (χ0) is 22.2.